The van der Waals surface area contributed by atoms with Crippen LogP contribution in [-0.4, -0.2) is 61.2 Å². The number of rotatable bonds is 2. The smallest absolute Gasteiger partial charge is 0.257 e. The Labute approximate surface area is 158 Å². The molecule has 1 fully saturated rings. The molecule has 1 N–H and O–H groups in total. The van der Waals surface area contributed by atoms with Crippen LogP contribution in [0.1, 0.15) is 53.6 Å². The Kier molecular flexibility index (Phi) is 4.41. The van der Waals surface area contributed by atoms with E-state index in [1.165, 1.54) is 6.33 Å². The highest BCUT2D eigenvalue weighted by molar-refractivity contribution is 5.95. The topological polar surface area (TPSA) is 95.1 Å². The molecular weight excluding hydrogens is 344 g/mol. The van der Waals surface area contributed by atoms with E-state index >= 15 is 0 Å². The lowest BCUT2D eigenvalue weighted by Gasteiger charge is -2.50. The van der Waals surface area contributed by atoms with Crippen molar-refractivity contribution >= 4 is 11.8 Å². The van der Waals surface area contributed by atoms with Gasteiger partial charge in [-0.25, -0.2) is 15.0 Å². The second-order valence-electron chi connectivity index (χ2n) is 7.22. The van der Waals surface area contributed by atoms with Crippen LogP contribution in [-0.2, 0) is 16.8 Å². The standard InChI is InChI=1S/C19H24N6O2/c1-3-16(26)25-7-4-15-17(23-12-22-15)19(25)5-8-24(9-6-19)18(27)14-10-20-11-21-13(14)2/h10-12H,3-9H2,1-2H3,(H,22,23). The minimum atomic E-state index is -0.417. The van der Waals surface area contributed by atoms with Crippen LogP contribution < -0.4 is 0 Å². The van der Waals surface area contributed by atoms with Gasteiger partial charge in [-0.3, -0.25) is 9.59 Å². The normalized spacial score (nSPS) is 18.4. The van der Waals surface area contributed by atoms with Crippen LogP contribution >= 0.6 is 0 Å². The van der Waals surface area contributed by atoms with Gasteiger partial charge in [-0.2, -0.15) is 0 Å². The molecule has 2 aliphatic rings. The van der Waals surface area contributed by atoms with E-state index in [0.717, 1.165) is 17.8 Å². The third kappa shape index (κ3) is 2.79. The fourth-order valence-corrected chi connectivity index (χ4v) is 4.39. The van der Waals surface area contributed by atoms with Gasteiger partial charge in [0.2, 0.25) is 5.91 Å². The summed E-state index contributed by atoms with van der Waals surface area (Å²) < 4.78 is 0. The van der Waals surface area contributed by atoms with Crippen molar-refractivity contribution in [3.63, 3.8) is 0 Å². The minimum Gasteiger partial charge on any atom is -0.348 e. The Morgan fingerprint density at radius 1 is 1.22 bits per heavy atom. The molecule has 0 bridgehead atoms. The Hall–Kier alpha value is -2.77. The summed E-state index contributed by atoms with van der Waals surface area (Å²) in [4.78, 5) is 45.3. The Bertz CT molecular complexity index is 869. The van der Waals surface area contributed by atoms with Crippen LogP contribution in [0.5, 0.6) is 0 Å². The fourth-order valence-electron chi connectivity index (χ4n) is 4.39. The first-order chi connectivity index (χ1) is 13.1. The highest BCUT2D eigenvalue weighted by Crippen LogP contribution is 2.42. The summed E-state index contributed by atoms with van der Waals surface area (Å²) in [5, 5.41) is 0. The monoisotopic (exact) mass is 368 g/mol. The van der Waals surface area contributed by atoms with E-state index in [9.17, 15) is 9.59 Å². The molecule has 0 unspecified atom stereocenters. The van der Waals surface area contributed by atoms with E-state index in [1.54, 1.807) is 12.5 Å². The lowest BCUT2D eigenvalue weighted by atomic mass is 9.78. The first kappa shape index (κ1) is 17.6. The molecule has 0 saturated carbocycles. The summed E-state index contributed by atoms with van der Waals surface area (Å²) in [5.74, 6) is 0.102. The van der Waals surface area contributed by atoms with Crippen LogP contribution in [0.15, 0.2) is 18.9 Å². The Morgan fingerprint density at radius 3 is 2.70 bits per heavy atom. The van der Waals surface area contributed by atoms with Gasteiger partial charge in [0.15, 0.2) is 0 Å². The van der Waals surface area contributed by atoms with Gasteiger partial charge in [-0.1, -0.05) is 6.92 Å². The maximum absolute atomic E-state index is 12.9. The SMILES string of the molecule is CCC(=O)N1CCc2[nH]cnc2C12CCN(C(=O)c1cncnc1C)CC2. The van der Waals surface area contributed by atoms with Gasteiger partial charge in [-0.15, -0.1) is 0 Å². The second kappa shape index (κ2) is 6.75. The first-order valence-corrected chi connectivity index (χ1v) is 9.46. The van der Waals surface area contributed by atoms with Crippen LogP contribution in [0.2, 0.25) is 0 Å². The molecule has 0 atom stereocenters. The molecular formula is C19H24N6O2. The molecule has 2 aromatic heterocycles. The van der Waals surface area contributed by atoms with Crippen molar-refractivity contribution < 1.29 is 9.59 Å². The zero-order valence-electron chi connectivity index (χ0n) is 15.7. The van der Waals surface area contributed by atoms with E-state index in [0.29, 0.717) is 50.2 Å². The van der Waals surface area contributed by atoms with Crippen molar-refractivity contribution in [2.45, 2.75) is 45.1 Å². The minimum absolute atomic E-state index is 0.0469. The zero-order chi connectivity index (χ0) is 19.0. The van der Waals surface area contributed by atoms with Crippen molar-refractivity contribution in [3.05, 3.63) is 41.5 Å². The number of aromatic amines is 1. The molecule has 0 radical (unpaired) electrons. The predicted molar refractivity (Wildman–Crippen MR) is 97.9 cm³/mol. The van der Waals surface area contributed by atoms with Crippen molar-refractivity contribution in [3.8, 4) is 0 Å². The number of H-pyrrole nitrogens is 1. The van der Waals surface area contributed by atoms with Crippen molar-refractivity contribution in [1.29, 1.82) is 0 Å². The van der Waals surface area contributed by atoms with Gasteiger partial charge in [0.1, 0.15) is 6.33 Å². The molecule has 8 heteroatoms. The van der Waals surface area contributed by atoms with E-state index in [1.807, 2.05) is 23.6 Å². The number of carbonyl (C=O) groups is 2. The molecule has 1 saturated heterocycles. The quantitative estimate of drug-likeness (QED) is 0.865. The molecule has 4 heterocycles. The summed E-state index contributed by atoms with van der Waals surface area (Å²) in [6, 6.07) is 0. The maximum atomic E-state index is 12.9. The lowest BCUT2D eigenvalue weighted by molar-refractivity contribution is -0.141. The summed E-state index contributed by atoms with van der Waals surface area (Å²) in [5.41, 5.74) is 2.90. The number of hydrogen-bond donors (Lipinski definition) is 1. The third-order valence-electron chi connectivity index (χ3n) is 5.88. The Morgan fingerprint density at radius 2 is 2.00 bits per heavy atom. The molecule has 2 amide bonds. The van der Waals surface area contributed by atoms with Crippen molar-refractivity contribution in [2.75, 3.05) is 19.6 Å². The molecule has 0 aromatic carbocycles. The average Bonchev–Trinajstić information content (AvgIpc) is 3.18. The highest BCUT2D eigenvalue weighted by atomic mass is 16.2. The van der Waals surface area contributed by atoms with Crippen LogP contribution in [0.3, 0.4) is 0 Å². The van der Waals surface area contributed by atoms with Gasteiger partial charge >= 0.3 is 0 Å². The number of aromatic nitrogens is 4. The number of nitrogens with zero attached hydrogens (tertiary/aromatic N) is 5. The number of likely N-dealkylation sites (tertiary alicyclic amines) is 1. The van der Waals surface area contributed by atoms with Gasteiger partial charge in [0.25, 0.3) is 5.91 Å². The van der Waals surface area contributed by atoms with Gasteiger partial charge < -0.3 is 14.8 Å². The van der Waals surface area contributed by atoms with E-state index in [2.05, 4.69) is 19.9 Å². The average molecular weight is 368 g/mol. The molecule has 2 aliphatic heterocycles. The van der Waals surface area contributed by atoms with E-state index in [-0.39, 0.29) is 11.8 Å². The zero-order valence-corrected chi connectivity index (χ0v) is 15.7. The first-order valence-electron chi connectivity index (χ1n) is 9.46. The number of imidazole rings is 1. The van der Waals surface area contributed by atoms with E-state index < -0.39 is 5.54 Å². The van der Waals surface area contributed by atoms with Crippen molar-refractivity contribution in [2.24, 2.45) is 0 Å². The number of carbonyl (C=O) groups excluding carboxylic acids is 2. The van der Waals surface area contributed by atoms with E-state index in [4.69, 9.17) is 0 Å². The van der Waals surface area contributed by atoms with Crippen LogP contribution in [0.4, 0.5) is 0 Å². The number of fused-ring (bicyclic) bond motifs is 2. The third-order valence-corrected chi connectivity index (χ3v) is 5.88. The molecule has 8 nitrogen and oxygen atoms in total. The molecule has 1 spiro atoms. The number of nitrogens with one attached hydrogen (secondary N) is 1. The summed E-state index contributed by atoms with van der Waals surface area (Å²) in [6.07, 6.45) is 7.40. The summed E-state index contributed by atoms with van der Waals surface area (Å²) in [6.45, 7) is 5.56. The molecule has 4 rings (SSSR count). The molecule has 27 heavy (non-hydrogen) atoms. The molecule has 142 valence electrons. The van der Waals surface area contributed by atoms with Gasteiger partial charge in [0, 0.05) is 44.4 Å². The molecule has 2 aromatic rings. The van der Waals surface area contributed by atoms with Gasteiger partial charge in [-0.05, 0) is 19.8 Å². The Balaban J connectivity index is 1.60. The van der Waals surface area contributed by atoms with Gasteiger partial charge in [0.05, 0.1) is 28.8 Å². The van der Waals surface area contributed by atoms with Crippen LogP contribution in [0.25, 0.3) is 0 Å². The summed E-state index contributed by atoms with van der Waals surface area (Å²) in [7, 11) is 0. The fraction of sp³-hybridized carbons (Fsp3) is 0.526. The number of hydrogen-bond acceptors (Lipinski definition) is 5. The number of aryl methyl sites for hydroxylation is 1. The number of amides is 2. The van der Waals surface area contributed by atoms with Crippen LogP contribution in [0, 0.1) is 6.92 Å². The molecule has 0 aliphatic carbocycles. The van der Waals surface area contributed by atoms with Crippen molar-refractivity contribution in [1.82, 2.24) is 29.7 Å². The second-order valence-corrected chi connectivity index (χ2v) is 7.22. The predicted octanol–water partition coefficient (Wildman–Crippen LogP) is 1.43. The maximum Gasteiger partial charge on any atom is 0.257 e. The highest BCUT2D eigenvalue weighted by Gasteiger charge is 2.48. The lowest BCUT2D eigenvalue weighted by Crippen LogP contribution is -2.58. The number of piperidine rings is 1. The summed E-state index contributed by atoms with van der Waals surface area (Å²) >= 11 is 0. The largest absolute Gasteiger partial charge is 0.348 e.